The topological polar surface area (TPSA) is 145 Å². The molecule has 186 valence electrons. The number of amides is 1. The number of nitrogens with zero attached hydrogens (tertiary/aromatic N) is 1. The minimum atomic E-state index is -3.97. The monoisotopic (exact) mass is 529 g/mol. The molecule has 0 saturated heterocycles. The van der Waals surface area contributed by atoms with E-state index in [1.807, 2.05) is 0 Å². The second-order valence-electron chi connectivity index (χ2n) is 7.27. The zero-order valence-corrected chi connectivity index (χ0v) is 20.1. The van der Waals surface area contributed by atoms with Gasteiger partial charge in [-0.2, -0.15) is 0 Å². The Bertz CT molecular complexity index is 1380. The smallest absolute Gasteiger partial charge is 0.322 e. The number of sulfonamides is 1. The van der Waals surface area contributed by atoms with Crippen LogP contribution in [-0.4, -0.2) is 31.8 Å². The summed E-state index contributed by atoms with van der Waals surface area (Å²) in [6, 6.07) is 20.4. The van der Waals surface area contributed by atoms with E-state index in [2.05, 4.69) is 10.0 Å². The first-order valence-electron chi connectivity index (χ1n) is 10.4. The van der Waals surface area contributed by atoms with E-state index in [4.69, 9.17) is 16.3 Å². The van der Waals surface area contributed by atoms with Crippen LogP contribution in [0, 0.1) is 10.1 Å². The first kappa shape index (κ1) is 26.5. The molecule has 1 amide bonds. The van der Waals surface area contributed by atoms with Gasteiger partial charge in [-0.1, -0.05) is 72.3 Å². The summed E-state index contributed by atoms with van der Waals surface area (Å²) in [5.41, 5.74) is 0.591. The molecule has 0 bridgehead atoms. The molecule has 0 fully saturated rings. The van der Waals surface area contributed by atoms with Gasteiger partial charge in [-0.15, -0.1) is 0 Å². The Morgan fingerprint density at radius 1 is 1.03 bits per heavy atom. The minimum absolute atomic E-state index is 0.0554. The number of anilines is 1. The molecule has 12 heteroatoms. The highest BCUT2D eigenvalue weighted by Gasteiger charge is 2.26. The summed E-state index contributed by atoms with van der Waals surface area (Å²) in [6.07, 6.45) is -0.100. The number of hydrogen-bond donors (Lipinski definition) is 2. The maximum absolute atomic E-state index is 12.9. The number of carbonyl (C=O) groups is 2. The van der Waals surface area contributed by atoms with Crippen molar-refractivity contribution in [2.45, 2.75) is 6.10 Å². The Kier molecular flexibility index (Phi) is 8.90. The van der Waals surface area contributed by atoms with E-state index in [0.29, 0.717) is 11.1 Å². The Balaban J connectivity index is 1.70. The minimum Gasteiger partial charge on any atom is -0.446 e. The van der Waals surface area contributed by atoms with E-state index < -0.39 is 45.2 Å². The highest BCUT2D eigenvalue weighted by Crippen LogP contribution is 2.28. The van der Waals surface area contributed by atoms with Crippen molar-refractivity contribution in [1.82, 2.24) is 4.72 Å². The van der Waals surface area contributed by atoms with Gasteiger partial charge < -0.3 is 10.1 Å². The molecular formula is C24H20ClN3O7S. The van der Waals surface area contributed by atoms with Gasteiger partial charge in [-0.25, -0.2) is 13.1 Å². The van der Waals surface area contributed by atoms with Gasteiger partial charge in [0.2, 0.25) is 16.1 Å². The number of nitro benzene ring substituents is 1. The lowest BCUT2D eigenvalue weighted by Gasteiger charge is -2.18. The molecule has 3 aromatic carbocycles. The molecular weight excluding hydrogens is 510 g/mol. The molecule has 0 spiro atoms. The van der Waals surface area contributed by atoms with Crippen molar-refractivity contribution >= 4 is 51.0 Å². The first-order chi connectivity index (χ1) is 17.1. The van der Waals surface area contributed by atoms with Gasteiger partial charge >= 0.3 is 5.97 Å². The SMILES string of the molecule is O=C(CNS(=O)(=O)/C=C/c1ccccc1)OC(C(=O)Nc1ccc(Cl)c([N+](=O)[O-])c1)c1ccccc1. The maximum Gasteiger partial charge on any atom is 0.322 e. The Hall–Kier alpha value is -4.06. The highest BCUT2D eigenvalue weighted by molar-refractivity contribution is 7.92. The maximum atomic E-state index is 12.9. The van der Waals surface area contributed by atoms with Crippen LogP contribution in [0.3, 0.4) is 0 Å². The predicted octanol–water partition coefficient (Wildman–Crippen LogP) is 4.06. The highest BCUT2D eigenvalue weighted by atomic mass is 35.5. The molecule has 0 heterocycles. The van der Waals surface area contributed by atoms with Crippen LogP contribution in [0.25, 0.3) is 6.08 Å². The van der Waals surface area contributed by atoms with E-state index in [0.717, 1.165) is 11.5 Å². The zero-order valence-electron chi connectivity index (χ0n) is 18.5. The molecule has 0 aliphatic heterocycles. The van der Waals surface area contributed by atoms with E-state index >= 15 is 0 Å². The van der Waals surface area contributed by atoms with Gasteiger partial charge in [-0.05, 0) is 23.8 Å². The van der Waals surface area contributed by atoms with Crippen LogP contribution in [0.4, 0.5) is 11.4 Å². The molecule has 1 atom stereocenters. The number of rotatable bonds is 10. The van der Waals surface area contributed by atoms with Crippen molar-refractivity contribution in [3.8, 4) is 0 Å². The van der Waals surface area contributed by atoms with Crippen LogP contribution in [-0.2, 0) is 24.3 Å². The summed E-state index contributed by atoms with van der Waals surface area (Å²) in [5, 5.41) is 14.4. The Morgan fingerprint density at radius 3 is 2.31 bits per heavy atom. The second-order valence-corrected chi connectivity index (χ2v) is 9.33. The van der Waals surface area contributed by atoms with Gasteiger partial charge in [0.1, 0.15) is 11.6 Å². The first-order valence-corrected chi connectivity index (χ1v) is 12.3. The Morgan fingerprint density at radius 2 is 1.67 bits per heavy atom. The average molecular weight is 530 g/mol. The average Bonchev–Trinajstić information content (AvgIpc) is 2.87. The normalized spacial score (nSPS) is 12.1. The predicted molar refractivity (Wildman–Crippen MR) is 134 cm³/mol. The summed E-state index contributed by atoms with van der Waals surface area (Å²) in [5.74, 6) is -1.82. The number of benzene rings is 3. The molecule has 36 heavy (non-hydrogen) atoms. The molecule has 1 unspecified atom stereocenters. The van der Waals surface area contributed by atoms with E-state index in [9.17, 15) is 28.1 Å². The fourth-order valence-corrected chi connectivity index (χ4v) is 3.89. The third kappa shape index (κ3) is 7.73. The van der Waals surface area contributed by atoms with Crippen molar-refractivity contribution < 1.29 is 27.7 Å². The largest absolute Gasteiger partial charge is 0.446 e. The van der Waals surface area contributed by atoms with Crippen molar-refractivity contribution in [3.05, 3.63) is 111 Å². The summed E-state index contributed by atoms with van der Waals surface area (Å²) in [7, 11) is -3.97. The van der Waals surface area contributed by atoms with Gasteiger partial charge in [0, 0.05) is 22.7 Å². The second kappa shape index (κ2) is 12.1. The van der Waals surface area contributed by atoms with Crippen LogP contribution in [0.2, 0.25) is 5.02 Å². The molecule has 0 radical (unpaired) electrons. The third-order valence-electron chi connectivity index (χ3n) is 4.66. The van der Waals surface area contributed by atoms with Gasteiger partial charge in [0.15, 0.2) is 0 Å². The molecule has 2 N–H and O–H groups in total. The van der Waals surface area contributed by atoms with Crippen LogP contribution < -0.4 is 10.0 Å². The van der Waals surface area contributed by atoms with Crippen molar-refractivity contribution in [1.29, 1.82) is 0 Å². The van der Waals surface area contributed by atoms with Crippen molar-refractivity contribution in [2.24, 2.45) is 0 Å². The number of halogens is 1. The number of carbonyl (C=O) groups excluding carboxylic acids is 2. The van der Waals surface area contributed by atoms with Gasteiger partial charge in [0.05, 0.1) is 4.92 Å². The van der Waals surface area contributed by atoms with Crippen LogP contribution in [0.1, 0.15) is 17.2 Å². The Labute approximate surface area is 211 Å². The quantitative estimate of drug-likeness (QED) is 0.229. The molecule has 3 aromatic rings. The zero-order chi connectivity index (χ0) is 26.1. The molecule has 0 saturated carbocycles. The summed E-state index contributed by atoms with van der Waals surface area (Å²) >= 11 is 5.80. The molecule has 10 nitrogen and oxygen atoms in total. The van der Waals surface area contributed by atoms with Gasteiger partial charge in [-0.3, -0.25) is 19.7 Å². The van der Waals surface area contributed by atoms with Crippen molar-refractivity contribution in [2.75, 3.05) is 11.9 Å². The lowest BCUT2D eigenvalue weighted by molar-refractivity contribution is -0.384. The fourth-order valence-electron chi connectivity index (χ4n) is 2.95. The summed E-state index contributed by atoms with van der Waals surface area (Å²) < 4.78 is 31.8. The molecule has 0 aliphatic rings. The summed E-state index contributed by atoms with van der Waals surface area (Å²) in [6.45, 7) is -0.732. The van der Waals surface area contributed by atoms with Crippen molar-refractivity contribution in [3.63, 3.8) is 0 Å². The van der Waals surface area contributed by atoms with Gasteiger partial charge in [0.25, 0.3) is 11.6 Å². The number of nitro groups is 1. The van der Waals surface area contributed by atoms with E-state index in [-0.39, 0.29) is 10.7 Å². The number of hydrogen-bond acceptors (Lipinski definition) is 7. The number of esters is 1. The molecule has 0 aliphatic carbocycles. The number of nitrogens with one attached hydrogen (secondary N) is 2. The lowest BCUT2D eigenvalue weighted by atomic mass is 10.1. The number of ether oxygens (including phenoxy) is 1. The molecule has 0 aromatic heterocycles. The van der Waals surface area contributed by atoms with Crippen LogP contribution in [0.5, 0.6) is 0 Å². The van der Waals surface area contributed by atoms with E-state index in [1.165, 1.54) is 30.3 Å². The standard InChI is InChI=1S/C24H20ClN3O7S/c25-20-12-11-19(15-21(20)28(31)32)27-24(30)23(18-9-5-2-6-10-18)35-22(29)16-26-36(33,34)14-13-17-7-3-1-4-8-17/h1-15,23,26H,16H2,(H,27,30)/b14-13+. The van der Waals surface area contributed by atoms with E-state index in [1.54, 1.807) is 48.5 Å². The third-order valence-corrected chi connectivity index (χ3v) is 6.02. The molecule has 3 rings (SSSR count). The van der Waals surface area contributed by atoms with Crippen LogP contribution in [0.15, 0.2) is 84.3 Å². The fraction of sp³-hybridized carbons (Fsp3) is 0.0833. The van der Waals surface area contributed by atoms with Crippen LogP contribution >= 0.6 is 11.6 Å². The lowest BCUT2D eigenvalue weighted by Crippen LogP contribution is -2.32. The summed E-state index contributed by atoms with van der Waals surface area (Å²) in [4.78, 5) is 35.8.